The van der Waals surface area contributed by atoms with Crippen LogP contribution < -0.4 is 0 Å². The second kappa shape index (κ2) is 14.0. The van der Waals surface area contributed by atoms with E-state index in [1.54, 1.807) is 6.26 Å². The molecule has 1 aliphatic rings. The van der Waals surface area contributed by atoms with E-state index >= 15 is 0 Å². The fraction of sp³-hybridized carbons (Fsp3) is 0.324. The molecule has 0 aliphatic carbocycles. The Morgan fingerprint density at radius 3 is 2.45 bits per heavy atom. The number of amides is 1. The summed E-state index contributed by atoms with van der Waals surface area (Å²) in [5.41, 5.74) is 3.00. The number of carbonyl (C=O) groups excluding carboxylic acids is 1. The van der Waals surface area contributed by atoms with Crippen molar-refractivity contribution in [2.45, 2.75) is 36.0 Å². The Balaban J connectivity index is 1.29. The maximum absolute atomic E-state index is 13.8. The lowest BCUT2D eigenvalue weighted by atomic mass is 9.88. The Morgan fingerprint density at radius 1 is 1.00 bits per heavy atom. The van der Waals surface area contributed by atoms with Crippen LogP contribution in [0, 0.1) is 0 Å². The molecular formula is C34H35BrCl2N2O2S. The molecular weight excluding hydrogens is 651 g/mol. The van der Waals surface area contributed by atoms with Crippen LogP contribution in [0.1, 0.15) is 52.6 Å². The molecule has 1 aliphatic heterocycles. The van der Waals surface area contributed by atoms with Crippen molar-refractivity contribution in [1.82, 2.24) is 9.80 Å². The Hall–Kier alpha value is -2.22. The average molecular weight is 687 g/mol. The quantitative estimate of drug-likeness (QED) is 0.177. The monoisotopic (exact) mass is 684 g/mol. The highest BCUT2D eigenvalue weighted by molar-refractivity contribution is 9.10. The molecule has 2 atom stereocenters. The van der Waals surface area contributed by atoms with E-state index in [1.807, 2.05) is 78.7 Å². The van der Waals surface area contributed by atoms with Crippen molar-refractivity contribution in [3.8, 4) is 0 Å². The van der Waals surface area contributed by atoms with Gasteiger partial charge < -0.3 is 9.80 Å². The first kappa shape index (κ1) is 31.2. The van der Waals surface area contributed by atoms with E-state index in [1.165, 1.54) is 5.56 Å². The van der Waals surface area contributed by atoms with Gasteiger partial charge in [-0.1, -0.05) is 87.7 Å². The lowest BCUT2D eigenvalue weighted by Gasteiger charge is -2.34. The number of rotatable bonds is 9. The van der Waals surface area contributed by atoms with Crippen molar-refractivity contribution in [3.05, 3.63) is 110 Å². The van der Waals surface area contributed by atoms with Crippen LogP contribution in [0.2, 0.25) is 10.0 Å². The van der Waals surface area contributed by atoms with Gasteiger partial charge in [-0.3, -0.25) is 9.00 Å². The van der Waals surface area contributed by atoms with Crippen molar-refractivity contribution >= 4 is 66.6 Å². The summed E-state index contributed by atoms with van der Waals surface area (Å²) in [6.45, 7) is 3.45. The summed E-state index contributed by atoms with van der Waals surface area (Å²) in [6, 6.07) is 25.9. The maximum Gasteiger partial charge on any atom is 0.254 e. The van der Waals surface area contributed by atoms with E-state index in [-0.39, 0.29) is 11.8 Å². The molecule has 1 amide bonds. The zero-order valence-corrected chi connectivity index (χ0v) is 27.8. The van der Waals surface area contributed by atoms with Crippen molar-refractivity contribution in [2.24, 2.45) is 0 Å². The van der Waals surface area contributed by atoms with Gasteiger partial charge >= 0.3 is 0 Å². The number of benzene rings is 4. The first-order valence-corrected chi connectivity index (χ1v) is 17.4. The van der Waals surface area contributed by atoms with Gasteiger partial charge in [0.15, 0.2) is 0 Å². The molecule has 4 nitrogen and oxygen atoms in total. The fourth-order valence-electron chi connectivity index (χ4n) is 6.09. The van der Waals surface area contributed by atoms with E-state index in [0.29, 0.717) is 28.1 Å². The minimum atomic E-state index is -0.987. The van der Waals surface area contributed by atoms with Gasteiger partial charge in [0.1, 0.15) is 0 Å². The SMILES string of the molecule is CN(C[C@@H](CCN1CCC(c2ccccc2S(C)=O)CC1)c1ccc(Cl)c(Cl)c1)C(=O)c1cc(Br)cc2ccccc12. The van der Waals surface area contributed by atoms with Crippen molar-refractivity contribution in [3.63, 3.8) is 0 Å². The predicted octanol–water partition coefficient (Wildman–Crippen LogP) is 8.77. The number of piperidine rings is 1. The topological polar surface area (TPSA) is 40.6 Å². The van der Waals surface area contributed by atoms with E-state index in [9.17, 15) is 9.00 Å². The zero-order chi connectivity index (χ0) is 29.8. The molecule has 4 aromatic rings. The summed E-state index contributed by atoms with van der Waals surface area (Å²) in [5.74, 6) is 0.509. The number of fused-ring (bicyclic) bond motifs is 1. The third-order valence-corrected chi connectivity index (χ3v) is 10.6. The van der Waals surface area contributed by atoms with Gasteiger partial charge in [-0.15, -0.1) is 0 Å². The molecule has 1 heterocycles. The van der Waals surface area contributed by atoms with E-state index in [0.717, 1.165) is 64.6 Å². The highest BCUT2D eigenvalue weighted by atomic mass is 79.9. The molecule has 1 saturated heterocycles. The molecule has 1 fully saturated rings. The first-order chi connectivity index (χ1) is 20.2. The number of hydrogen-bond donors (Lipinski definition) is 0. The number of carbonyl (C=O) groups is 1. The van der Waals surface area contributed by atoms with Crippen LogP contribution in [-0.4, -0.2) is 59.4 Å². The fourth-order valence-corrected chi connectivity index (χ4v) is 7.70. The second-order valence-electron chi connectivity index (χ2n) is 11.1. The van der Waals surface area contributed by atoms with E-state index < -0.39 is 10.8 Å². The molecule has 1 unspecified atom stereocenters. The summed E-state index contributed by atoms with van der Waals surface area (Å²) < 4.78 is 13.2. The average Bonchev–Trinajstić information content (AvgIpc) is 3.00. The van der Waals surface area contributed by atoms with Crippen molar-refractivity contribution in [1.29, 1.82) is 0 Å². The normalized spacial score (nSPS) is 15.9. The second-order valence-corrected chi connectivity index (χ2v) is 14.2. The molecule has 0 spiro atoms. The summed E-state index contributed by atoms with van der Waals surface area (Å²) in [4.78, 5) is 19.1. The molecule has 4 aromatic carbocycles. The Bertz CT molecular complexity index is 1610. The molecule has 8 heteroatoms. The molecule has 0 aromatic heterocycles. The Morgan fingerprint density at radius 2 is 1.71 bits per heavy atom. The van der Waals surface area contributed by atoms with Gasteiger partial charge in [0.25, 0.3) is 5.91 Å². The third kappa shape index (κ3) is 7.28. The third-order valence-electron chi connectivity index (χ3n) is 8.36. The molecule has 0 radical (unpaired) electrons. The highest BCUT2D eigenvalue weighted by Crippen LogP contribution is 2.34. The van der Waals surface area contributed by atoms with E-state index in [2.05, 4.69) is 33.0 Å². The summed E-state index contributed by atoms with van der Waals surface area (Å²) in [7, 11) is 0.891. The number of halogens is 3. The number of likely N-dealkylation sites (tertiary alicyclic amines) is 1. The van der Waals surface area contributed by atoms with Crippen LogP contribution in [0.3, 0.4) is 0 Å². The summed E-state index contributed by atoms with van der Waals surface area (Å²) in [6.07, 6.45) is 4.73. The van der Waals surface area contributed by atoms with Crippen LogP contribution in [0.15, 0.2) is 88.2 Å². The van der Waals surface area contributed by atoms with Gasteiger partial charge in [0, 0.05) is 40.7 Å². The van der Waals surface area contributed by atoms with Gasteiger partial charge in [-0.25, -0.2) is 0 Å². The lowest BCUT2D eigenvalue weighted by Crippen LogP contribution is -2.36. The zero-order valence-electron chi connectivity index (χ0n) is 23.9. The van der Waals surface area contributed by atoms with Crippen LogP contribution >= 0.6 is 39.1 Å². The lowest BCUT2D eigenvalue weighted by molar-refractivity contribution is 0.0783. The molecule has 0 bridgehead atoms. The standard InChI is InChI=1S/C34H35BrCl2N2O2S/c1-38(34(40)30-21-27(35)19-25-7-3-4-8-28(25)30)22-26(24-11-12-31(36)32(37)20-24)15-18-39-16-13-23(14-17-39)29-9-5-6-10-33(29)42(2)41/h3-12,19-21,23,26H,13-18,22H2,1-2H3/t26-,42?/m1/s1. The number of likely N-dealkylation sites (N-methyl/N-ethyl adjacent to an activating group) is 1. The first-order valence-electron chi connectivity index (χ1n) is 14.2. The number of nitrogens with zero attached hydrogens (tertiary/aromatic N) is 2. The molecule has 0 saturated carbocycles. The maximum atomic E-state index is 13.8. The Labute approximate surface area is 269 Å². The van der Waals surface area contributed by atoms with Gasteiger partial charge in [-0.2, -0.15) is 0 Å². The molecule has 0 N–H and O–H groups in total. The predicted molar refractivity (Wildman–Crippen MR) is 180 cm³/mol. The minimum absolute atomic E-state index is 0.00893. The molecule has 220 valence electrons. The molecule has 42 heavy (non-hydrogen) atoms. The van der Waals surface area contributed by atoms with Gasteiger partial charge in [0.05, 0.1) is 20.8 Å². The van der Waals surface area contributed by atoms with Crippen LogP contribution in [0.4, 0.5) is 0 Å². The highest BCUT2D eigenvalue weighted by Gasteiger charge is 2.26. The van der Waals surface area contributed by atoms with Crippen LogP contribution in [0.5, 0.6) is 0 Å². The number of hydrogen-bond acceptors (Lipinski definition) is 3. The van der Waals surface area contributed by atoms with Gasteiger partial charge in [0.2, 0.25) is 0 Å². The largest absolute Gasteiger partial charge is 0.341 e. The van der Waals surface area contributed by atoms with Crippen LogP contribution in [-0.2, 0) is 10.8 Å². The Kier molecular flexibility index (Phi) is 10.4. The summed E-state index contributed by atoms with van der Waals surface area (Å²) in [5, 5.41) is 3.03. The minimum Gasteiger partial charge on any atom is -0.341 e. The van der Waals surface area contributed by atoms with Gasteiger partial charge in [-0.05, 0) is 97.0 Å². The van der Waals surface area contributed by atoms with Crippen molar-refractivity contribution in [2.75, 3.05) is 39.5 Å². The smallest absolute Gasteiger partial charge is 0.254 e. The van der Waals surface area contributed by atoms with E-state index in [4.69, 9.17) is 23.2 Å². The molecule has 5 rings (SSSR count). The van der Waals surface area contributed by atoms with Crippen molar-refractivity contribution < 1.29 is 9.00 Å². The summed E-state index contributed by atoms with van der Waals surface area (Å²) >= 11 is 16.3. The van der Waals surface area contributed by atoms with Crippen LogP contribution in [0.25, 0.3) is 10.8 Å².